The van der Waals surface area contributed by atoms with Crippen molar-refractivity contribution in [1.29, 1.82) is 5.41 Å². The summed E-state index contributed by atoms with van der Waals surface area (Å²) in [6.07, 6.45) is 11.1. The Kier molecular flexibility index (Phi) is 7.50. The highest BCUT2D eigenvalue weighted by atomic mass is 16.5. The predicted molar refractivity (Wildman–Crippen MR) is 73.9 cm³/mol. The molecule has 1 N–H and O–H groups in total. The lowest BCUT2D eigenvalue weighted by Gasteiger charge is -2.25. The van der Waals surface area contributed by atoms with E-state index in [2.05, 4.69) is 13.8 Å². The molecule has 0 saturated heterocycles. The van der Waals surface area contributed by atoms with Crippen molar-refractivity contribution < 1.29 is 4.74 Å². The van der Waals surface area contributed by atoms with Crippen LogP contribution in [0.3, 0.4) is 0 Å². The van der Waals surface area contributed by atoms with Crippen LogP contribution in [-0.2, 0) is 4.74 Å². The van der Waals surface area contributed by atoms with Gasteiger partial charge in [0.2, 0.25) is 0 Å². The Bertz CT molecular complexity index is 215. The maximum Gasteiger partial charge on any atom is 0.0575 e. The van der Waals surface area contributed by atoms with E-state index in [1.54, 1.807) is 0 Å². The van der Waals surface area contributed by atoms with Crippen molar-refractivity contribution in [2.45, 2.75) is 77.7 Å². The van der Waals surface area contributed by atoms with Gasteiger partial charge in [0.15, 0.2) is 0 Å². The number of hydrogen-bond acceptors (Lipinski definition) is 2. The summed E-state index contributed by atoms with van der Waals surface area (Å²) in [5.74, 6) is 0.563. The Morgan fingerprint density at radius 2 is 2.06 bits per heavy atom. The molecule has 0 bridgehead atoms. The first-order valence-electron chi connectivity index (χ1n) is 7.46. The standard InChI is InChI=1S/C15H29NO/c1-3-7-14(17-12-4-2)11-10-13-8-5-6-9-15(13)16/h13-14,16H,3-12H2,1-2H3. The summed E-state index contributed by atoms with van der Waals surface area (Å²) in [6.45, 7) is 5.29. The van der Waals surface area contributed by atoms with Crippen LogP contribution in [0.2, 0.25) is 0 Å². The van der Waals surface area contributed by atoms with E-state index in [4.69, 9.17) is 10.1 Å². The summed E-state index contributed by atoms with van der Waals surface area (Å²) in [7, 11) is 0. The molecule has 1 rings (SSSR count). The van der Waals surface area contributed by atoms with Crippen molar-refractivity contribution in [3.63, 3.8) is 0 Å². The highest BCUT2D eigenvalue weighted by Crippen LogP contribution is 2.26. The summed E-state index contributed by atoms with van der Waals surface area (Å²) in [5, 5.41) is 7.99. The second-order valence-corrected chi connectivity index (χ2v) is 5.33. The number of hydrogen-bond donors (Lipinski definition) is 1. The van der Waals surface area contributed by atoms with Gasteiger partial charge in [0, 0.05) is 12.3 Å². The first kappa shape index (κ1) is 14.7. The fourth-order valence-corrected chi connectivity index (χ4v) is 2.71. The van der Waals surface area contributed by atoms with Crippen LogP contribution < -0.4 is 0 Å². The van der Waals surface area contributed by atoms with Gasteiger partial charge in [-0.3, -0.25) is 0 Å². The molecule has 0 heterocycles. The van der Waals surface area contributed by atoms with Crippen LogP contribution in [0.5, 0.6) is 0 Å². The molecule has 0 aromatic heterocycles. The number of ether oxygens (including phenoxy) is 1. The van der Waals surface area contributed by atoms with E-state index >= 15 is 0 Å². The molecule has 0 amide bonds. The van der Waals surface area contributed by atoms with Gasteiger partial charge in [0.1, 0.15) is 0 Å². The Hall–Kier alpha value is -0.370. The SMILES string of the molecule is CCCOC(CCC)CCC1CCCCC1=N. The van der Waals surface area contributed by atoms with Crippen LogP contribution in [0.25, 0.3) is 0 Å². The molecule has 1 saturated carbocycles. The quantitative estimate of drug-likeness (QED) is 0.661. The van der Waals surface area contributed by atoms with Gasteiger partial charge in [-0.2, -0.15) is 0 Å². The largest absolute Gasteiger partial charge is 0.378 e. The van der Waals surface area contributed by atoms with Crippen LogP contribution in [-0.4, -0.2) is 18.4 Å². The van der Waals surface area contributed by atoms with E-state index in [1.807, 2.05) is 0 Å². The smallest absolute Gasteiger partial charge is 0.0575 e. The zero-order valence-electron chi connectivity index (χ0n) is 11.6. The van der Waals surface area contributed by atoms with Crippen molar-refractivity contribution in [2.75, 3.05) is 6.61 Å². The molecule has 0 spiro atoms. The van der Waals surface area contributed by atoms with E-state index in [9.17, 15) is 0 Å². The zero-order chi connectivity index (χ0) is 12.5. The summed E-state index contributed by atoms with van der Waals surface area (Å²) < 4.78 is 5.89. The maximum atomic E-state index is 7.99. The summed E-state index contributed by atoms with van der Waals surface area (Å²) in [5.41, 5.74) is 1.00. The maximum absolute atomic E-state index is 7.99. The van der Waals surface area contributed by atoms with Crippen molar-refractivity contribution in [2.24, 2.45) is 5.92 Å². The molecule has 100 valence electrons. The molecule has 0 radical (unpaired) electrons. The van der Waals surface area contributed by atoms with Gasteiger partial charge in [-0.05, 0) is 50.9 Å². The third-order valence-electron chi connectivity index (χ3n) is 3.75. The van der Waals surface area contributed by atoms with E-state index in [0.29, 0.717) is 12.0 Å². The van der Waals surface area contributed by atoms with Gasteiger partial charge in [-0.25, -0.2) is 0 Å². The van der Waals surface area contributed by atoms with Gasteiger partial charge in [0.05, 0.1) is 6.10 Å². The van der Waals surface area contributed by atoms with E-state index < -0.39 is 0 Å². The van der Waals surface area contributed by atoms with E-state index in [0.717, 1.165) is 31.6 Å². The van der Waals surface area contributed by atoms with Gasteiger partial charge < -0.3 is 10.1 Å². The molecule has 0 aromatic rings. The van der Waals surface area contributed by atoms with Crippen LogP contribution in [0.4, 0.5) is 0 Å². The van der Waals surface area contributed by atoms with Gasteiger partial charge in [-0.15, -0.1) is 0 Å². The molecule has 1 fully saturated rings. The summed E-state index contributed by atoms with van der Waals surface area (Å²) in [4.78, 5) is 0. The number of nitrogens with one attached hydrogen (secondary N) is 1. The lowest BCUT2D eigenvalue weighted by atomic mass is 9.83. The average molecular weight is 239 g/mol. The minimum atomic E-state index is 0.440. The van der Waals surface area contributed by atoms with Crippen molar-refractivity contribution in [3.8, 4) is 0 Å². The molecule has 2 nitrogen and oxygen atoms in total. The minimum absolute atomic E-state index is 0.440. The first-order valence-corrected chi connectivity index (χ1v) is 7.46. The Morgan fingerprint density at radius 1 is 1.24 bits per heavy atom. The minimum Gasteiger partial charge on any atom is -0.378 e. The highest BCUT2D eigenvalue weighted by molar-refractivity contribution is 5.84. The first-order chi connectivity index (χ1) is 8.27. The Balaban J connectivity index is 2.26. The highest BCUT2D eigenvalue weighted by Gasteiger charge is 2.20. The van der Waals surface area contributed by atoms with Gasteiger partial charge in [0.25, 0.3) is 0 Å². The second kappa shape index (κ2) is 8.68. The number of rotatable bonds is 8. The zero-order valence-corrected chi connectivity index (χ0v) is 11.6. The average Bonchev–Trinajstić information content (AvgIpc) is 2.34. The lowest BCUT2D eigenvalue weighted by Crippen LogP contribution is -2.21. The van der Waals surface area contributed by atoms with E-state index in [-0.39, 0.29) is 0 Å². The van der Waals surface area contributed by atoms with Gasteiger partial charge >= 0.3 is 0 Å². The van der Waals surface area contributed by atoms with Crippen molar-refractivity contribution in [3.05, 3.63) is 0 Å². The molecular weight excluding hydrogens is 210 g/mol. The van der Waals surface area contributed by atoms with Crippen LogP contribution in [0.1, 0.15) is 71.6 Å². The predicted octanol–water partition coefficient (Wildman–Crippen LogP) is 4.57. The molecule has 1 aliphatic carbocycles. The lowest BCUT2D eigenvalue weighted by molar-refractivity contribution is 0.0383. The fourth-order valence-electron chi connectivity index (χ4n) is 2.71. The molecule has 2 unspecified atom stereocenters. The Morgan fingerprint density at radius 3 is 2.71 bits per heavy atom. The molecule has 0 aliphatic heterocycles. The summed E-state index contributed by atoms with van der Waals surface area (Å²) >= 11 is 0. The van der Waals surface area contributed by atoms with Crippen molar-refractivity contribution >= 4 is 5.71 Å². The van der Waals surface area contributed by atoms with Crippen LogP contribution in [0.15, 0.2) is 0 Å². The van der Waals surface area contributed by atoms with Crippen molar-refractivity contribution in [1.82, 2.24) is 0 Å². The Labute approximate surface area is 107 Å². The molecule has 2 atom stereocenters. The second-order valence-electron chi connectivity index (χ2n) is 5.33. The van der Waals surface area contributed by atoms with Crippen LogP contribution in [0, 0.1) is 11.3 Å². The van der Waals surface area contributed by atoms with Gasteiger partial charge in [-0.1, -0.05) is 26.7 Å². The molecule has 17 heavy (non-hydrogen) atoms. The molecule has 0 aromatic carbocycles. The third kappa shape index (κ3) is 5.67. The van der Waals surface area contributed by atoms with Crippen LogP contribution >= 0.6 is 0 Å². The topological polar surface area (TPSA) is 33.1 Å². The fraction of sp³-hybridized carbons (Fsp3) is 0.933. The normalized spacial score (nSPS) is 22.7. The van der Waals surface area contributed by atoms with E-state index in [1.165, 1.54) is 38.5 Å². The molecule has 1 aliphatic rings. The monoisotopic (exact) mass is 239 g/mol. The summed E-state index contributed by atoms with van der Waals surface area (Å²) in [6, 6.07) is 0. The third-order valence-corrected chi connectivity index (χ3v) is 3.75. The molecule has 2 heteroatoms. The molecular formula is C15H29NO.